The van der Waals surface area contributed by atoms with Gasteiger partial charge in [0, 0.05) is 6.07 Å². The maximum Gasteiger partial charge on any atom is 0.346 e. The summed E-state index contributed by atoms with van der Waals surface area (Å²) in [6.07, 6.45) is 16.5. The Balaban J connectivity index is 1.39. The van der Waals surface area contributed by atoms with Gasteiger partial charge >= 0.3 is 5.97 Å². The van der Waals surface area contributed by atoms with Gasteiger partial charge in [-0.05, 0) is 106 Å². The van der Waals surface area contributed by atoms with Crippen molar-refractivity contribution in [2.75, 3.05) is 6.61 Å². The fourth-order valence-corrected chi connectivity index (χ4v) is 6.12. The summed E-state index contributed by atoms with van der Waals surface area (Å²) in [4.78, 5) is 12.6. The molecule has 6 heteroatoms. The van der Waals surface area contributed by atoms with Crippen molar-refractivity contribution in [1.29, 1.82) is 0 Å². The normalized spacial score (nSPS) is 23.5. The largest absolute Gasteiger partial charge is 0.489 e. The Hall–Kier alpha value is -3.02. The lowest BCUT2D eigenvalue weighted by molar-refractivity contribution is 0.0721. The minimum absolute atomic E-state index is 0.0667. The summed E-state index contributed by atoms with van der Waals surface area (Å²) in [5.74, 6) is -2.45. The van der Waals surface area contributed by atoms with Gasteiger partial charge in [0.15, 0.2) is 23.2 Å². The van der Waals surface area contributed by atoms with Crippen LogP contribution < -0.4 is 9.47 Å². The van der Waals surface area contributed by atoms with Crippen LogP contribution in [0.4, 0.5) is 13.2 Å². The molecule has 0 amide bonds. The number of carbonyl (C=O) groups excluding carboxylic acids is 1. The second-order valence-electron chi connectivity index (χ2n) is 10.5. The number of hydrogen-bond donors (Lipinski definition) is 0. The number of halogens is 3. The first-order valence-corrected chi connectivity index (χ1v) is 13.8. The Morgan fingerprint density at radius 2 is 1.68 bits per heavy atom. The molecule has 0 spiro atoms. The second kappa shape index (κ2) is 13.2. The van der Waals surface area contributed by atoms with E-state index in [4.69, 9.17) is 9.47 Å². The average molecular weight is 527 g/mol. The predicted molar refractivity (Wildman–Crippen MR) is 143 cm³/mol. The highest BCUT2D eigenvalue weighted by molar-refractivity contribution is 5.91. The van der Waals surface area contributed by atoms with Crippen LogP contribution in [-0.4, -0.2) is 12.6 Å². The first-order chi connectivity index (χ1) is 18.4. The molecule has 38 heavy (non-hydrogen) atoms. The summed E-state index contributed by atoms with van der Waals surface area (Å²) in [6, 6.07) is 6.51. The summed E-state index contributed by atoms with van der Waals surface area (Å²) in [5.41, 5.74) is -0.226. The minimum atomic E-state index is -1.24. The van der Waals surface area contributed by atoms with Crippen molar-refractivity contribution in [2.24, 2.45) is 17.8 Å². The molecule has 0 aromatic heterocycles. The van der Waals surface area contributed by atoms with Crippen LogP contribution in [0.15, 0.2) is 54.6 Å². The van der Waals surface area contributed by atoms with Crippen LogP contribution in [-0.2, 0) is 0 Å². The Kier molecular flexibility index (Phi) is 9.70. The van der Waals surface area contributed by atoms with Crippen molar-refractivity contribution in [3.8, 4) is 11.5 Å². The highest BCUT2D eigenvalue weighted by Gasteiger charge is 2.37. The van der Waals surface area contributed by atoms with Gasteiger partial charge in [-0.2, -0.15) is 0 Å². The van der Waals surface area contributed by atoms with Crippen molar-refractivity contribution >= 4 is 5.97 Å². The van der Waals surface area contributed by atoms with Gasteiger partial charge in [0.2, 0.25) is 0 Å². The lowest BCUT2D eigenvalue weighted by Crippen LogP contribution is -2.30. The van der Waals surface area contributed by atoms with Crippen LogP contribution in [0.3, 0.4) is 0 Å². The van der Waals surface area contributed by atoms with Gasteiger partial charge in [-0.15, -0.1) is 0 Å². The Labute approximate surface area is 223 Å². The van der Waals surface area contributed by atoms with Gasteiger partial charge in [-0.1, -0.05) is 36.8 Å². The third kappa shape index (κ3) is 6.69. The van der Waals surface area contributed by atoms with Gasteiger partial charge < -0.3 is 9.47 Å². The Morgan fingerprint density at radius 3 is 2.45 bits per heavy atom. The van der Waals surface area contributed by atoms with E-state index in [-0.39, 0.29) is 24.0 Å². The Morgan fingerprint density at radius 1 is 0.921 bits per heavy atom. The zero-order valence-electron chi connectivity index (χ0n) is 22.2. The number of carbonyl (C=O) groups is 1. The number of rotatable bonds is 9. The van der Waals surface area contributed by atoms with E-state index in [2.05, 4.69) is 19.1 Å². The number of fused-ring (bicyclic) bond motifs is 1. The van der Waals surface area contributed by atoms with Gasteiger partial charge in [0.1, 0.15) is 12.4 Å². The molecule has 0 radical (unpaired) electrons. The van der Waals surface area contributed by atoms with Crippen LogP contribution in [0.25, 0.3) is 0 Å². The van der Waals surface area contributed by atoms with Gasteiger partial charge in [0.25, 0.3) is 0 Å². The summed E-state index contributed by atoms with van der Waals surface area (Å²) < 4.78 is 55.1. The zero-order valence-corrected chi connectivity index (χ0v) is 22.2. The molecule has 2 aliphatic carbocycles. The van der Waals surface area contributed by atoms with E-state index in [0.29, 0.717) is 17.4 Å². The fraction of sp³-hybridized carbons (Fsp3) is 0.469. The maximum absolute atomic E-state index is 15.2. The van der Waals surface area contributed by atoms with E-state index in [1.807, 2.05) is 6.92 Å². The van der Waals surface area contributed by atoms with Gasteiger partial charge in [0.05, 0.1) is 5.56 Å². The lowest BCUT2D eigenvalue weighted by Gasteiger charge is -2.42. The lowest BCUT2D eigenvalue weighted by atomic mass is 9.63. The van der Waals surface area contributed by atoms with Gasteiger partial charge in [-0.25, -0.2) is 18.0 Å². The molecule has 2 fully saturated rings. The van der Waals surface area contributed by atoms with Crippen molar-refractivity contribution in [2.45, 2.75) is 71.1 Å². The summed E-state index contributed by atoms with van der Waals surface area (Å²) in [6.45, 7) is 4.16. The topological polar surface area (TPSA) is 35.5 Å². The molecular formula is C32H37F3O3. The predicted octanol–water partition coefficient (Wildman–Crippen LogP) is 8.93. The molecule has 2 aliphatic rings. The third-order valence-corrected chi connectivity index (χ3v) is 8.16. The van der Waals surface area contributed by atoms with E-state index in [1.165, 1.54) is 43.5 Å². The van der Waals surface area contributed by atoms with E-state index < -0.39 is 29.0 Å². The minimum Gasteiger partial charge on any atom is -0.489 e. The van der Waals surface area contributed by atoms with Crippen molar-refractivity contribution in [3.63, 3.8) is 0 Å². The molecule has 0 bridgehead atoms. The second-order valence-corrected chi connectivity index (χ2v) is 10.5. The number of benzene rings is 2. The molecule has 2 aromatic rings. The molecule has 0 aliphatic heterocycles. The van der Waals surface area contributed by atoms with Crippen LogP contribution in [0, 0.1) is 35.2 Å². The quantitative estimate of drug-likeness (QED) is 0.186. The first kappa shape index (κ1) is 28.0. The molecular weight excluding hydrogens is 489 g/mol. The number of ether oxygens (including phenoxy) is 2. The van der Waals surface area contributed by atoms with Crippen LogP contribution in [0.5, 0.6) is 11.5 Å². The molecule has 2 saturated carbocycles. The van der Waals surface area contributed by atoms with Crippen molar-refractivity contribution in [1.82, 2.24) is 0 Å². The highest BCUT2D eigenvalue weighted by atomic mass is 19.2. The van der Waals surface area contributed by atoms with Crippen LogP contribution >= 0.6 is 0 Å². The third-order valence-electron chi connectivity index (χ3n) is 8.16. The van der Waals surface area contributed by atoms with E-state index >= 15 is 8.78 Å². The summed E-state index contributed by atoms with van der Waals surface area (Å²) in [7, 11) is 0. The molecule has 4 unspecified atom stereocenters. The average Bonchev–Trinajstić information content (AvgIpc) is 2.91. The molecule has 2 aromatic carbocycles. The first-order valence-electron chi connectivity index (χ1n) is 13.8. The smallest absolute Gasteiger partial charge is 0.346 e. The van der Waals surface area contributed by atoms with E-state index in [9.17, 15) is 9.18 Å². The molecule has 4 atom stereocenters. The molecule has 204 valence electrons. The van der Waals surface area contributed by atoms with E-state index in [0.717, 1.165) is 44.1 Å². The fourth-order valence-electron chi connectivity index (χ4n) is 6.12. The summed E-state index contributed by atoms with van der Waals surface area (Å²) in [5, 5.41) is 0. The highest BCUT2D eigenvalue weighted by Crippen LogP contribution is 2.49. The van der Waals surface area contributed by atoms with Crippen molar-refractivity contribution in [3.05, 3.63) is 83.2 Å². The van der Waals surface area contributed by atoms with Crippen molar-refractivity contribution < 1.29 is 27.4 Å². The monoisotopic (exact) mass is 526 g/mol. The van der Waals surface area contributed by atoms with E-state index in [1.54, 1.807) is 12.2 Å². The van der Waals surface area contributed by atoms with Gasteiger partial charge in [-0.3, -0.25) is 0 Å². The number of allylic oxidation sites excluding steroid dienone is 3. The number of hydrogen-bond acceptors (Lipinski definition) is 3. The molecule has 3 nitrogen and oxygen atoms in total. The van der Waals surface area contributed by atoms with Crippen LogP contribution in [0.1, 0.15) is 87.1 Å². The number of esters is 1. The zero-order chi connectivity index (χ0) is 27.1. The molecule has 0 N–H and O–H groups in total. The maximum atomic E-state index is 15.2. The Bertz CT molecular complexity index is 1170. The SMILES string of the molecule is C/C=C/CCC1CCC2CC(c3ccc(C(=O)Oc4ccc(OC/C=C/C)cc4F)c(F)c3F)CCC2C1. The molecule has 4 rings (SSSR count). The molecule has 0 heterocycles. The standard InChI is InChI=1S/C32H37F3O3/c1-3-5-7-8-21-9-10-23-19-24(12-11-22(23)18-21)26-14-15-27(31(35)30(26)34)32(36)38-29-16-13-25(20-28(29)33)37-17-6-4-2/h3-6,13-16,20-24H,7-12,17-19H2,1-2H3/b5-3+,6-4+. The van der Waals surface area contributed by atoms with Crippen LogP contribution in [0.2, 0.25) is 0 Å². The summed E-state index contributed by atoms with van der Waals surface area (Å²) >= 11 is 0. The molecule has 0 saturated heterocycles.